The molecule has 2 aliphatic heterocycles. The van der Waals surface area contributed by atoms with Crippen LogP contribution in [0.5, 0.6) is 23.0 Å². The summed E-state index contributed by atoms with van der Waals surface area (Å²) < 4.78 is 10.3. The molecule has 0 aromatic heterocycles. The first-order valence-electron chi connectivity index (χ1n) is 17.7. The number of carboxylic acids is 2. The van der Waals surface area contributed by atoms with Crippen molar-refractivity contribution in [3.63, 3.8) is 0 Å². The summed E-state index contributed by atoms with van der Waals surface area (Å²) in [6.07, 6.45) is -0.568. The molecule has 0 spiro atoms. The maximum atomic E-state index is 14.1. The quantitative estimate of drug-likeness (QED) is 0.193. The van der Waals surface area contributed by atoms with Crippen LogP contribution >= 0.6 is 69.6 Å². The van der Waals surface area contributed by atoms with Crippen LogP contribution in [0.1, 0.15) is 84.0 Å². The van der Waals surface area contributed by atoms with E-state index in [0.29, 0.717) is 46.6 Å². The summed E-state index contributed by atoms with van der Waals surface area (Å²) in [5.74, 6) is -2.22. The molecular weight excluding hydrogens is 809 g/mol. The Labute approximate surface area is 339 Å². The monoisotopic (exact) mass is 850 g/mol. The number of fused-ring (bicyclic) bond motifs is 4. The fraction of sp³-hybridized carbons (Fsp3) is 0.590. The Kier molecular flexibility index (Phi) is 10.0. The lowest BCUT2D eigenvalue weighted by Gasteiger charge is -2.52. The van der Waals surface area contributed by atoms with Crippen molar-refractivity contribution in [2.75, 3.05) is 0 Å². The van der Waals surface area contributed by atoms with Crippen molar-refractivity contribution in [1.82, 2.24) is 0 Å². The minimum atomic E-state index is -2.50. The molecule has 14 heteroatoms. The first-order chi connectivity index (χ1) is 24.4. The topological polar surface area (TPSA) is 134 Å². The highest BCUT2D eigenvalue weighted by atomic mass is 35.5. The summed E-state index contributed by atoms with van der Waals surface area (Å²) in [7, 11) is 0. The standard InChI is InChI=1S/C39H44Cl6O8/c1-15-17(3)29-25(19(5)27(15)46)13-23(21(7)52-29)9-11-35(33(48)49)36(34(50)51,38(43)32(41)31(40)37(35,42)39(38,44)45)12-10-24-14-26-20(6)28(47)16(2)18(4)30(26)53-22(24)8/h21-24,46-47H,9-14H2,1-8H3,(H,48,49)(H,50,51). The van der Waals surface area contributed by atoms with E-state index in [2.05, 4.69) is 0 Å². The molecule has 2 aliphatic carbocycles. The van der Waals surface area contributed by atoms with Crippen LogP contribution in [0.15, 0.2) is 10.1 Å². The van der Waals surface area contributed by atoms with Crippen LogP contribution < -0.4 is 9.47 Å². The van der Waals surface area contributed by atoms with Gasteiger partial charge in [-0.2, -0.15) is 0 Å². The molecule has 2 aromatic rings. The molecule has 6 rings (SSSR count). The lowest BCUT2D eigenvalue weighted by atomic mass is 9.52. The van der Waals surface area contributed by atoms with Crippen molar-refractivity contribution in [2.45, 2.75) is 120 Å². The minimum absolute atomic E-state index is 0.0928. The molecule has 290 valence electrons. The Hall–Kier alpha value is -1.94. The molecule has 8 unspecified atom stereocenters. The normalized spacial score (nSPS) is 34.0. The molecular formula is C39H44Cl6O8. The number of carboxylic acid groups (broad SMARTS) is 2. The Morgan fingerprint density at radius 2 is 0.943 bits per heavy atom. The first-order valence-corrected chi connectivity index (χ1v) is 20.0. The van der Waals surface area contributed by atoms with Crippen LogP contribution in [0.25, 0.3) is 0 Å². The van der Waals surface area contributed by atoms with Crippen LogP contribution in [0.3, 0.4) is 0 Å². The van der Waals surface area contributed by atoms with E-state index in [9.17, 15) is 30.0 Å². The van der Waals surface area contributed by atoms with Crippen LogP contribution in [-0.2, 0) is 22.4 Å². The highest BCUT2D eigenvalue weighted by Crippen LogP contribution is 2.86. The second-order valence-electron chi connectivity index (χ2n) is 15.7. The van der Waals surface area contributed by atoms with Gasteiger partial charge < -0.3 is 29.9 Å². The van der Waals surface area contributed by atoms with Gasteiger partial charge in [-0.05, 0) is 139 Å². The predicted octanol–water partition coefficient (Wildman–Crippen LogP) is 10.1. The minimum Gasteiger partial charge on any atom is -0.507 e. The largest absolute Gasteiger partial charge is 0.507 e. The number of benzene rings is 2. The zero-order chi connectivity index (χ0) is 39.7. The predicted molar refractivity (Wildman–Crippen MR) is 208 cm³/mol. The first kappa shape index (κ1) is 40.7. The van der Waals surface area contributed by atoms with E-state index in [1.807, 2.05) is 41.5 Å². The smallest absolute Gasteiger partial charge is 0.313 e. The van der Waals surface area contributed by atoms with Crippen LogP contribution in [0, 0.1) is 64.2 Å². The molecule has 0 saturated heterocycles. The van der Waals surface area contributed by atoms with Gasteiger partial charge in [-0.3, -0.25) is 9.59 Å². The van der Waals surface area contributed by atoms with Crippen molar-refractivity contribution in [2.24, 2.45) is 22.7 Å². The van der Waals surface area contributed by atoms with E-state index in [4.69, 9.17) is 79.1 Å². The summed E-state index contributed by atoms with van der Waals surface area (Å²) >= 11 is 42.6. The number of rotatable bonds is 8. The average Bonchev–Trinajstić information content (AvgIpc) is 3.28. The molecule has 53 heavy (non-hydrogen) atoms. The number of hydrogen-bond donors (Lipinski definition) is 4. The van der Waals surface area contributed by atoms with Gasteiger partial charge in [0.15, 0.2) is 4.33 Å². The summed E-state index contributed by atoms with van der Waals surface area (Å²) in [6, 6.07) is 0. The van der Waals surface area contributed by atoms with Crippen molar-refractivity contribution in [3.05, 3.63) is 54.6 Å². The molecule has 1 fully saturated rings. The summed E-state index contributed by atoms with van der Waals surface area (Å²) in [4.78, 5) is 23.3. The van der Waals surface area contributed by atoms with E-state index >= 15 is 0 Å². The zero-order valence-corrected chi connectivity index (χ0v) is 35.3. The number of alkyl halides is 4. The summed E-state index contributed by atoms with van der Waals surface area (Å²) in [6.45, 7) is 14.7. The number of aromatic hydroxyl groups is 2. The summed E-state index contributed by atoms with van der Waals surface area (Å²) in [5, 5.41) is 43.8. The maximum absolute atomic E-state index is 14.1. The second kappa shape index (κ2) is 13.1. The summed E-state index contributed by atoms with van der Waals surface area (Å²) in [5.41, 5.74) is 0.908. The van der Waals surface area contributed by atoms with Gasteiger partial charge in [-0.25, -0.2) is 0 Å². The number of hydrogen-bond acceptors (Lipinski definition) is 6. The Balaban J connectivity index is 1.46. The van der Waals surface area contributed by atoms with Crippen LogP contribution in [0.2, 0.25) is 0 Å². The van der Waals surface area contributed by atoms with Gasteiger partial charge >= 0.3 is 11.9 Å². The highest BCUT2D eigenvalue weighted by Gasteiger charge is 2.96. The van der Waals surface area contributed by atoms with E-state index in [1.165, 1.54) is 0 Å². The molecule has 8 nitrogen and oxygen atoms in total. The zero-order valence-electron chi connectivity index (χ0n) is 30.7. The van der Waals surface area contributed by atoms with Crippen molar-refractivity contribution >= 4 is 81.5 Å². The number of phenols is 2. The van der Waals surface area contributed by atoms with E-state index in [1.54, 1.807) is 13.8 Å². The van der Waals surface area contributed by atoms with E-state index < -0.39 is 59.1 Å². The van der Waals surface area contributed by atoms with Gasteiger partial charge in [0.25, 0.3) is 0 Å². The number of allylic oxidation sites excluding steroid dienone is 2. The van der Waals surface area contributed by atoms with E-state index in [-0.39, 0.29) is 49.0 Å². The van der Waals surface area contributed by atoms with Gasteiger partial charge in [0.2, 0.25) is 0 Å². The molecule has 8 atom stereocenters. The maximum Gasteiger partial charge on any atom is 0.313 e. The molecule has 4 aliphatic rings. The molecule has 4 N–H and O–H groups in total. The highest BCUT2D eigenvalue weighted by molar-refractivity contribution is 6.67. The molecule has 0 radical (unpaired) electrons. The SMILES string of the molecule is Cc1c(C)c2c(c(C)c1O)CC(CCC1(C(=O)O)C3(Cl)C(Cl)=C(Cl)C(Cl)(C3(Cl)Cl)C1(CCC1Cc3c(C)c(O)c(C)c(C)c3OC1C)C(=O)O)C(C)O2. The molecule has 2 heterocycles. The third-order valence-corrected chi connectivity index (χ3v) is 18.0. The lowest BCUT2D eigenvalue weighted by molar-refractivity contribution is -0.177. The molecule has 2 aromatic carbocycles. The van der Waals surface area contributed by atoms with Crippen LogP contribution in [0.4, 0.5) is 0 Å². The lowest BCUT2D eigenvalue weighted by Crippen LogP contribution is -2.64. The average molecular weight is 853 g/mol. The molecule has 1 saturated carbocycles. The van der Waals surface area contributed by atoms with Crippen molar-refractivity contribution in [1.29, 1.82) is 0 Å². The van der Waals surface area contributed by atoms with Gasteiger partial charge in [0.1, 0.15) is 43.6 Å². The Morgan fingerprint density at radius 3 is 1.25 bits per heavy atom. The van der Waals surface area contributed by atoms with Crippen molar-refractivity contribution < 1.29 is 39.5 Å². The fourth-order valence-electron chi connectivity index (χ4n) is 10.0. The number of halogens is 6. The van der Waals surface area contributed by atoms with Gasteiger partial charge in [0.05, 0.1) is 22.3 Å². The number of ether oxygens (including phenoxy) is 2. The van der Waals surface area contributed by atoms with Gasteiger partial charge in [0, 0.05) is 11.1 Å². The number of aliphatic carboxylic acids is 2. The van der Waals surface area contributed by atoms with Gasteiger partial charge in [-0.15, -0.1) is 23.2 Å². The fourth-order valence-corrected chi connectivity index (χ4v) is 13.4. The van der Waals surface area contributed by atoms with E-state index in [0.717, 1.165) is 22.3 Å². The second-order valence-corrected chi connectivity index (χ2v) is 18.9. The van der Waals surface area contributed by atoms with Crippen LogP contribution in [-0.4, -0.2) is 58.7 Å². The van der Waals surface area contributed by atoms with Crippen molar-refractivity contribution in [3.8, 4) is 23.0 Å². The molecule has 2 bridgehead atoms. The Bertz CT molecular complexity index is 1860. The number of phenolic OH excluding ortho intramolecular Hbond substituents is 2. The third-order valence-electron chi connectivity index (χ3n) is 13.6. The molecule has 0 amide bonds. The van der Waals surface area contributed by atoms with Gasteiger partial charge in [-0.1, -0.05) is 46.4 Å². The number of carbonyl (C=O) groups is 2. The third kappa shape index (κ3) is 4.81. The Morgan fingerprint density at radius 1 is 0.623 bits per heavy atom.